The zero-order valence-corrected chi connectivity index (χ0v) is 18.4. The fraction of sp³-hybridized carbons (Fsp3) is 0.222. The Kier molecular flexibility index (Phi) is 6.35. The minimum atomic E-state index is -0.262. The van der Waals surface area contributed by atoms with Crippen LogP contribution in [0.4, 0.5) is 10.2 Å². The third-order valence-corrected chi connectivity index (χ3v) is 6.12. The number of hydrogen-bond acceptors (Lipinski definition) is 5. The van der Waals surface area contributed by atoms with Crippen LogP contribution < -0.4 is 10.2 Å². The Morgan fingerprint density at radius 2 is 1.61 bits per heavy atom. The second kappa shape index (κ2) is 9.88. The lowest BCUT2D eigenvalue weighted by Gasteiger charge is -2.28. The van der Waals surface area contributed by atoms with E-state index in [1.807, 2.05) is 48.8 Å². The van der Waals surface area contributed by atoms with Crippen LogP contribution in [0.25, 0.3) is 11.3 Å². The van der Waals surface area contributed by atoms with Gasteiger partial charge in [0.1, 0.15) is 11.6 Å². The predicted molar refractivity (Wildman–Crippen MR) is 129 cm³/mol. The molecule has 1 saturated heterocycles. The summed E-state index contributed by atoms with van der Waals surface area (Å²) in [4.78, 5) is 15.9. The molecule has 0 atom stereocenters. The predicted octanol–water partition coefficient (Wildman–Crippen LogP) is 4.46. The number of halogens is 1. The molecule has 4 aromatic rings. The summed E-state index contributed by atoms with van der Waals surface area (Å²) in [6.07, 6.45) is 8.03. The highest BCUT2D eigenvalue weighted by Crippen LogP contribution is 2.33. The molecule has 1 aliphatic rings. The zero-order valence-electron chi connectivity index (χ0n) is 18.4. The van der Waals surface area contributed by atoms with E-state index >= 15 is 0 Å². The highest BCUT2D eigenvalue weighted by Gasteiger charge is 2.20. The van der Waals surface area contributed by atoms with E-state index < -0.39 is 0 Å². The molecular weight excluding hydrogens is 413 g/mol. The second-order valence-corrected chi connectivity index (χ2v) is 8.25. The number of aromatic nitrogens is 3. The van der Waals surface area contributed by atoms with Crippen molar-refractivity contribution < 1.29 is 4.39 Å². The molecule has 0 spiro atoms. The fourth-order valence-electron chi connectivity index (χ4n) is 4.42. The molecule has 1 aliphatic heterocycles. The average Bonchev–Trinajstić information content (AvgIpc) is 2.89. The van der Waals surface area contributed by atoms with Gasteiger partial charge in [-0.3, -0.25) is 9.97 Å². The van der Waals surface area contributed by atoms with Crippen molar-refractivity contribution in [1.29, 1.82) is 0 Å². The third kappa shape index (κ3) is 4.91. The van der Waals surface area contributed by atoms with Gasteiger partial charge in [0, 0.05) is 62.4 Å². The molecular formula is C27H26FN5. The van der Waals surface area contributed by atoms with Crippen LogP contribution in [0.15, 0.2) is 85.5 Å². The van der Waals surface area contributed by atoms with Gasteiger partial charge in [-0.2, -0.15) is 0 Å². The number of piperazine rings is 1. The van der Waals surface area contributed by atoms with Crippen molar-refractivity contribution in [3.05, 3.63) is 108 Å². The van der Waals surface area contributed by atoms with Crippen molar-refractivity contribution in [3.8, 4) is 11.3 Å². The molecule has 0 unspecified atom stereocenters. The van der Waals surface area contributed by atoms with Crippen LogP contribution in [0.2, 0.25) is 0 Å². The van der Waals surface area contributed by atoms with E-state index in [0.29, 0.717) is 6.42 Å². The van der Waals surface area contributed by atoms with Crippen LogP contribution in [0.5, 0.6) is 0 Å². The summed E-state index contributed by atoms with van der Waals surface area (Å²) in [6.45, 7) is 3.71. The number of hydrogen-bond donors (Lipinski definition) is 1. The van der Waals surface area contributed by atoms with Crippen LogP contribution in [0.3, 0.4) is 0 Å². The smallest absolute Gasteiger partial charge is 0.129 e. The third-order valence-electron chi connectivity index (χ3n) is 6.12. The first-order chi connectivity index (χ1) is 16.3. The molecule has 166 valence electrons. The lowest BCUT2D eigenvalue weighted by Crippen LogP contribution is -2.43. The number of anilines is 1. The maximum atomic E-state index is 14.4. The van der Waals surface area contributed by atoms with Crippen molar-refractivity contribution in [2.75, 3.05) is 31.1 Å². The van der Waals surface area contributed by atoms with E-state index in [4.69, 9.17) is 4.98 Å². The van der Waals surface area contributed by atoms with Gasteiger partial charge in [-0.15, -0.1) is 0 Å². The molecule has 5 nitrogen and oxygen atoms in total. The molecule has 1 N–H and O–H groups in total. The van der Waals surface area contributed by atoms with Crippen molar-refractivity contribution in [2.45, 2.75) is 12.3 Å². The molecule has 6 heteroatoms. The molecule has 3 aromatic heterocycles. The zero-order chi connectivity index (χ0) is 22.5. The summed E-state index contributed by atoms with van der Waals surface area (Å²) < 4.78 is 14.4. The molecule has 0 amide bonds. The summed E-state index contributed by atoms with van der Waals surface area (Å²) in [5.74, 6) is 0.718. The summed E-state index contributed by atoms with van der Waals surface area (Å²) in [5, 5.41) is 3.37. The van der Waals surface area contributed by atoms with E-state index in [1.54, 1.807) is 18.5 Å². The van der Waals surface area contributed by atoms with Crippen LogP contribution in [0, 0.1) is 5.82 Å². The van der Waals surface area contributed by atoms with E-state index in [-0.39, 0.29) is 11.7 Å². The lowest BCUT2D eigenvalue weighted by molar-refractivity contribution is 0.585. The van der Waals surface area contributed by atoms with Gasteiger partial charge in [0.15, 0.2) is 0 Å². The Bertz CT molecular complexity index is 1150. The van der Waals surface area contributed by atoms with Crippen molar-refractivity contribution >= 4 is 5.82 Å². The number of nitrogens with one attached hydrogen (secondary N) is 1. The van der Waals surface area contributed by atoms with Crippen molar-refractivity contribution in [2.24, 2.45) is 0 Å². The normalized spacial score (nSPS) is 13.9. The average molecular weight is 440 g/mol. The first-order valence-corrected chi connectivity index (χ1v) is 11.3. The van der Waals surface area contributed by atoms with E-state index in [0.717, 1.165) is 59.9 Å². The Labute approximate surface area is 193 Å². The maximum Gasteiger partial charge on any atom is 0.129 e. The number of benzene rings is 1. The summed E-state index contributed by atoms with van der Waals surface area (Å²) in [5.41, 5.74) is 4.85. The van der Waals surface area contributed by atoms with Gasteiger partial charge in [-0.1, -0.05) is 24.3 Å². The minimum Gasteiger partial charge on any atom is -0.354 e. The Morgan fingerprint density at radius 3 is 2.27 bits per heavy atom. The molecule has 1 fully saturated rings. The number of rotatable bonds is 6. The van der Waals surface area contributed by atoms with E-state index in [2.05, 4.69) is 32.3 Å². The second-order valence-electron chi connectivity index (χ2n) is 8.25. The van der Waals surface area contributed by atoms with Gasteiger partial charge in [-0.25, -0.2) is 9.37 Å². The van der Waals surface area contributed by atoms with Gasteiger partial charge in [0.2, 0.25) is 0 Å². The SMILES string of the molecule is Fc1ccc(CC(c2cccnc2)c2cccnc2)c(-c2cccc(N3CCNCC3)n2)c1. The van der Waals surface area contributed by atoms with Gasteiger partial charge >= 0.3 is 0 Å². The summed E-state index contributed by atoms with van der Waals surface area (Å²) in [6, 6.07) is 19.1. The number of pyridine rings is 3. The van der Waals surface area contributed by atoms with Gasteiger partial charge < -0.3 is 10.2 Å². The highest BCUT2D eigenvalue weighted by atomic mass is 19.1. The van der Waals surface area contributed by atoms with Crippen molar-refractivity contribution in [1.82, 2.24) is 20.3 Å². The topological polar surface area (TPSA) is 53.9 Å². The van der Waals surface area contributed by atoms with Crippen LogP contribution in [0.1, 0.15) is 22.6 Å². The molecule has 0 saturated carbocycles. The standard InChI is InChI=1S/C27H26FN5/c28-23-9-8-20(16-24(21-4-2-10-30-18-21)22-5-3-11-31-19-22)25(17-23)26-6-1-7-27(32-26)33-14-12-29-13-15-33/h1-11,17-19,24,29H,12-16H2. The van der Waals surface area contributed by atoms with Gasteiger partial charge in [0.25, 0.3) is 0 Å². The monoisotopic (exact) mass is 439 g/mol. The maximum absolute atomic E-state index is 14.4. The molecule has 33 heavy (non-hydrogen) atoms. The number of nitrogens with zero attached hydrogens (tertiary/aromatic N) is 4. The van der Waals surface area contributed by atoms with Gasteiger partial charge in [0.05, 0.1) is 5.69 Å². The molecule has 0 radical (unpaired) electrons. The first kappa shape index (κ1) is 21.2. The molecule has 5 rings (SSSR count). The molecule has 1 aromatic carbocycles. The quantitative estimate of drug-likeness (QED) is 0.481. The largest absolute Gasteiger partial charge is 0.354 e. The molecule has 0 aliphatic carbocycles. The fourth-order valence-corrected chi connectivity index (χ4v) is 4.42. The molecule has 4 heterocycles. The van der Waals surface area contributed by atoms with E-state index in [9.17, 15) is 4.39 Å². The summed E-state index contributed by atoms with van der Waals surface area (Å²) in [7, 11) is 0. The highest BCUT2D eigenvalue weighted by molar-refractivity contribution is 5.66. The minimum absolute atomic E-state index is 0.0490. The van der Waals surface area contributed by atoms with Crippen LogP contribution in [-0.2, 0) is 6.42 Å². The summed E-state index contributed by atoms with van der Waals surface area (Å²) >= 11 is 0. The Balaban J connectivity index is 1.53. The Hall–Kier alpha value is -3.64. The van der Waals surface area contributed by atoms with Crippen LogP contribution >= 0.6 is 0 Å². The first-order valence-electron chi connectivity index (χ1n) is 11.3. The van der Waals surface area contributed by atoms with Crippen molar-refractivity contribution in [3.63, 3.8) is 0 Å². The van der Waals surface area contributed by atoms with Gasteiger partial charge in [-0.05, 0) is 59.5 Å². The lowest BCUT2D eigenvalue weighted by atomic mass is 9.85. The molecule has 0 bridgehead atoms. The Morgan fingerprint density at radius 1 is 0.879 bits per heavy atom. The van der Waals surface area contributed by atoms with Crippen LogP contribution in [-0.4, -0.2) is 41.1 Å². The van der Waals surface area contributed by atoms with E-state index in [1.165, 1.54) is 6.07 Å².